The van der Waals surface area contributed by atoms with E-state index in [0.29, 0.717) is 37.6 Å². The normalized spacial score (nSPS) is 14.4. The van der Waals surface area contributed by atoms with Crippen LogP contribution in [0.15, 0.2) is 41.3 Å². The van der Waals surface area contributed by atoms with E-state index in [2.05, 4.69) is 5.32 Å². The highest BCUT2D eigenvalue weighted by atomic mass is 32.2. The highest BCUT2D eigenvalue weighted by molar-refractivity contribution is 7.89. The van der Waals surface area contributed by atoms with Gasteiger partial charge >= 0.3 is 0 Å². The van der Waals surface area contributed by atoms with Crippen LogP contribution < -0.4 is 14.8 Å². The minimum Gasteiger partial charge on any atom is -0.493 e. The Labute approximate surface area is 213 Å². The van der Waals surface area contributed by atoms with E-state index in [1.165, 1.54) is 40.0 Å². The van der Waals surface area contributed by atoms with Gasteiger partial charge in [0.2, 0.25) is 20.0 Å². The summed E-state index contributed by atoms with van der Waals surface area (Å²) in [4.78, 5) is 12.6. The van der Waals surface area contributed by atoms with Gasteiger partial charge in [0.15, 0.2) is 11.5 Å². The molecule has 1 N–H and O–H groups in total. The second-order valence-electron chi connectivity index (χ2n) is 8.25. The Morgan fingerprint density at radius 3 is 2.11 bits per heavy atom. The maximum atomic E-state index is 12.9. The minimum atomic E-state index is -3.62. The molecule has 0 saturated carbocycles. The SMILES string of the molecule is CCN(CC)S(=O)(=O)c1ccc(C(=O)NCCS(=O)(=O)N2CCc3cc(OC)c(OC)cc3C2)cc1. The second kappa shape index (κ2) is 11.6. The van der Waals surface area contributed by atoms with Gasteiger partial charge in [0.1, 0.15) is 0 Å². The summed E-state index contributed by atoms with van der Waals surface area (Å²) >= 11 is 0. The molecule has 0 aromatic heterocycles. The lowest BCUT2D eigenvalue weighted by molar-refractivity contribution is 0.0956. The average Bonchev–Trinajstić information content (AvgIpc) is 2.87. The number of hydrogen-bond acceptors (Lipinski definition) is 7. The first-order valence-electron chi connectivity index (χ1n) is 11.7. The number of rotatable bonds is 11. The van der Waals surface area contributed by atoms with Gasteiger partial charge in [0, 0.05) is 38.3 Å². The highest BCUT2D eigenvalue weighted by Gasteiger charge is 2.28. The van der Waals surface area contributed by atoms with Gasteiger partial charge < -0.3 is 14.8 Å². The van der Waals surface area contributed by atoms with E-state index in [4.69, 9.17) is 9.47 Å². The fraction of sp³-hybridized carbons (Fsp3) is 0.458. The van der Waals surface area contributed by atoms with Crippen molar-refractivity contribution in [3.05, 3.63) is 53.1 Å². The molecule has 10 nitrogen and oxygen atoms in total. The Balaban J connectivity index is 1.60. The molecule has 0 fully saturated rings. The summed E-state index contributed by atoms with van der Waals surface area (Å²) in [6, 6.07) is 9.27. The third kappa shape index (κ3) is 6.00. The van der Waals surface area contributed by atoms with Crippen molar-refractivity contribution in [2.24, 2.45) is 0 Å². The van der Waals surface area contributed by atoms with E-state index in [1.807, 2.05) is 6.07 Å². The van der Waals surface area contributed by atoms with Gasteiger partial charge in [-0.15, -0.1) is 0 Å². The van der Waals surface area contributed by atoms with Crippen LogP contribution in [0.4, 0.5) is 0 Å². The molecule has 2 aromatic rings. The Hall–Kier alpha value is -2.67. The summed E-state index contributed by atoms with van der Waals surface area (Å²) in [5.74, 6) is 0.418. The first-order valence-corrected chi connectivity index (χ1v) is 14.7. The molecule has 0 spiro atoms. The number of nitrogens with one attached hydrogen (secondary N) is 1. The molecule has 0 radical (unpaired) electrons. The van der Waals surface area contributed by atoms with Crippen molar-refractivity contribution < 1.29 is 31.1 Å². The Kier molecular flexibility index (Phi) is 8.98. The number of fused-ring (bicyclic) bond motifs is 1. The summed E-state index contributed by atoms with van der Waals surface area (Å²) in [5.41, 5.74) is 2.11. The Morgan fingerprint density at radius 1 is 0.972 bits per heavy atom. The van der Waals surface area contributed by atoms with Crippen molar-refractivity contribution in [2.45, 2.75) is 31.7 Å². The number of carbonyl (C=O) groups excluding carboxylic acids is 1. The van der Waals surface area contributed by atoms with Crippen LogP contribution in [0.2, 0.25) is 0 Å². The first-order chi connectivity index (χ1) is 17.1. The molecule has 36 heavy (non-hydrogen) atoms. The molecule has 0 aliphatic carbocycles. The van der Waals surface area contributed by atoms with Gasteiger partial charge in [-0.2, -0.15) is 8.61 Å². The van der Waals surface area contributed by atoms with E-state index in [1.54, 1.807) is 27.0 Å². The number of hydrogen-bond donors (Lipinski definition) is 1. The quantitative estimate of drug-likeness (QED) is 0.462. The van der Waals surface area contributed by atoms with Crippen LogP contribution in [0, 0.1) is 0 Å². The molecular weight excluding hydrogens is 506 g/mol. The zero-order valence-electron chi connectivity index (χ0n) is 21.0. The third-order valence-corrected chi connectivity index (χ3v) is 10.1. The third-order valence-electron chi connectivity index (χ3n) is 6.18. The van der Waals surface area contributed by atoms with Gasteiger partial charge in [-0.25, -0.2) is 16.8 Å². The number of carbonyl (C=O) groups is 1. The molecule has 3 rings (SSSR count). The minimum absolute atomic E-state index is 0.0735. The van der Waals surface area contributed by atoms with E-state index in [-0.39, 0.29) is 29.3 Å². The molecule has 0 atom stereocenters. The molecule has 0 bridgehead atoms. The summed E-state index contributed by atoms with van der Waals surface area (Å²) in [6.45, 7) is 4.69. The van der Waals surface area contributed by atoms with E-state index >= 15 is 0 Å². The largest absolute Gasteiger partial charge is 0.493 e. The van der Waals surface area contributed by atoms with Gasteiger partial charge in [-0.1, -0.05) is 13.8 Å². The van der Waals surface area contributed by atoms with Crippen molar-refractivity contribution in [3.8, 4) is 11.5 Å². The highest BCUT2D eigenvalue weighted by Crippen LogP contribution is 2.33. The standard InChI is InChI=1S/C24H33N3O7S2/c1-5-26(6-2)36(31,32)21-9-7-18(8-10-21)24(28)25-12-14-35(29,30)27-13-11-19-15-22(33-3)23(34-4)16-20(19)17-27/h7-10,15-16H,5-6,11-14,17H2,1-4H3,(H,25,28). The van der Waals surface area contributed by atoms with E-state index in [9.17, 15) is 21.6 Å². The lowest BCUT2D eigenvalue weighted by atomic mass is 10.0. The van der Waals surface area contributed by atoms with Crippen molar-refractivity contribution in [3.63, 3.8) is 0 Å². The van der Waals surface area contributed by atoms with Crippen molar-refractivity contribution in [1.82, 2.24) is 13.9 Å². The number of benzene rings is 2. The molecule has 1 aliphatic rings. The number of amides is 1. The van der Waals surface area contributed by atoms with Gasteiger partial charge in [0.25, 0.3) is 5.91 Å². The van der Waals surface area contributed by atoms with E-state index in [0.717, 1.165) is 11.1 Å². The first kappa shape index (κ1) is 27.9. The number of sulfonamides is 2. The summed E-state index contributed by atoms with van der Waals surface area (Å²) in [7, 11) is -4.15. The van der Waals surface area contributed by atoms with Crippen molar-refractivity contribution in [1.29, 1.82) is 0 Å². The topological polar surface area (TPSA) is 122 Å². The van der Waals surface area contributed by atoms with Crippen LogP contribution >= 0.6 is 0 Å². The molecule has 1 heterocycles. The van der Waals surface area contributed by atoms with Crippen LogP contribution in [0.5, 0.6) is 11.5 Å². The molecular formula is C24H33N3O7S2. The molecule has 2 aromatic carbocycles. The number of ether oxygens (including phenoxy) is 2. The lowest BCUT2D eigenvalue weighted by Crippen LogP contribution is -2.40. The average molecular weight is 540 g/mol. The fourth-order valence-electron chi connectivity index (χ4n) is 4.11. The summed E-state index contributed by atoms with van der Waals surface area (Å²) in [5, 5.41) is 2.61. The maximum absolute atomic E-state index is 12.9. The molecule has 12 heteroatoms. The second-order valence-corrected chi connectivity index (χ2v) is 12.3. The molecule has 0 saturated heterocycles. The molecule has 0 unspecified atom stereocenters. The zero-order valence-corrected chi connectivity index (χ0v) is 22.6. The number of nitrogens with zero attached hydrogens (tertiary/aromatic N) is 2. The Bertz CT molecular complexity index is 1290. The maximum Gasteiger partial charge on any atom is 0.251 e. The fourth-order valence-corrected chi connectivity index (χ4v) is 6.89. The molecule has 1 amide bonds. The van der Waals surface area contributed by atoms with Crippen LogP contribution in [-0.2, 0) is 33.0 Å². The van der Waals surface area contributed by atoms with E-state index < -0.39 is 26.0 Å². The molecule has 198 valence electrons. The Morgan fingerprint density at radius 2 is 1.56 bits per heavy atom. The van der Waals surface area contributed by atoms with Crippen LogP contribution in [0.3, 0.4) is 0 Å². The van der Waals surface area contributed by atoms with Crippen LogP contribution in [0.1, 0.15) is 35.3 Å². The van der Waals surface area contributed by atoms with Crippen molar-refractivity contribution in [2.75, 3.05) is 46.2 Å². The van der Waals surface area contributed by atoms with Crippen LogP contribution in [-0.4, -0.2) is 77.5 Å². The zero-order chi connectivity index (χ0) is 26.5. The molecule has 1 aliphatic heterocycles. The van der Waals surface area contributed by atoms with Crippen molar-refractivity contribution >= 4 is 26.0 Å². The summed E-state index contributed by atoms with van der Waals surface area (Å²) in [6.07, 6.45) is 0.546. The summed E-state index contributed by atoms with van der Waals surface area (Å²) < 4.78 is 64.4. The number of methoxy groups -OCH3 is 2. The van der Waals surface area contributed by atoms with Crippen LogP contribution in [0.25, 0.3) is 0 Å². The van der Waals surface area contributed by atoms with Gasteiger partial charge in [-0.3, -0.25) is 4.79 Å². The van der Waals surface area contributed by atoms with Gasteiger partial charge in [0.05, 0.1) is 24.9 Å². The predicted molar refractivity (Wildman–Crippen MR) is 136 cm³/mol. The van der Waals surface area contributed by atoms with Gasteiger partial charge in [-0.05, 0) is 53.9 Å². The monoisotopic (exact) mass is 539 g/mol. The lowest BCUT2D eigenvalue weighted by Gasteiger charge is -2.29. The smallest absolute Gasteiger partial charge is 0.251 e. The predicted octanol–water partition coefficient (Wildman–Crippen LogP) is 1.85.